The Labute approximate surface area is 110 Å². The Bertz CT molecular complexity index is 368. The minimum atomic E-state index is -0.120. The lowest BCUT2D eigenvalue weighted by Crippen LogP contribution is -2.28. The molecule has 0 spiro atoms. The van der Waals surface area contributed by atoms with Crippen LogP contribution >= 0.6 is 0 Å². The molecule has 1 aromatic rings. The molecule has 0 amide bonds. The second-order valence-corrected chi connectivity index (χ2v) is 4.82. The largest absolute Gasteiger partial charge is 0.385 e. The van der Waals surface area contributed by atoms with Crippen LogP contribution < -0.4 is 5.32 Å². The summed E-state index contributed by atoms with van der Waals surface area (Å²) >= 11 is 0. The standard InChI is InChI=1S/C15H24FNO/c1-5-17-15(12(3)8-9-18-4)13-7-6-11(2)10-14(13)16/h6-7,10,12,15,17H,5,8-9H2,1-4H3. The van der Waals surface area contributed by atoms with Crippen molar-refractivity contribution in [2.75, 3.05) is 20.3 Å². The smallest absolute Gasteiger partial charge is 0.128 e. The van der Waals surface area contributed by atoms with Gasteiger partial charge in [0.2, 0.25) is 0 Å². The molecule has 0 aliphatic carbocycles. The molecule has 2 unspecified atom stereocenters. The minimum absolute atomic E-state index is 0.0470. The number of ether oxygens (including phenoxy) is 1. The van der Waals surface area contributed by atoms with Gasteiger partial charge in [-0.2, -0.15) is 0 Å². The van der Waals surface area contributed by atoms with Crippen LogP contribution in [0.25, 0.3) is 0 Å². The molecule has 2 atom stereocenters. The van der Waals surface area contributed by atoms with E-state index in [9.17, 15) is 4.39 Å². The molecule has 18 heavy (non-hydrogen) atoms. The molecule has 1 N–H and O–H groups in total. The van der Waals surface area contributed by atoms with Crippen molar-refractivity contribution in [1.29, 1.82) is 0 Å². The van der Waals surface area contributed by atoms with Crippen LogP contribution in [0.2, 0.25) is 0 Å². The molecule has 0 heterocycles. The molecule has 3 heteroatoms. The second-order valence-electron chi connectivity index (χ2n) is 4.82. The van der Waals surface area contributed by atoms with E-state index in [4.69, 9.17) is 4.74 Å². The first-order valence-corrected chi connectivity index (χ1v) is 6.58. The Kier molecular flexibility index (Phi) is 6.30. The van der Waals surface area contributed by atoms with Gasteiger partial charge >= 0.3 is 0 Å². The zero-order valence-corrected chi connectivity index (χ0v) is 11.8. The molecule has 1 aromatic carbocycles. The third-order valence-corrected chi connectivity index (χ3v) is 3.26. The maximum atomic E-state index is 14.0. The summed E-state index contributed by atoms with van der Waals surface area (Å²) in [5, 5.41) is 3.37. The Morgan fingerprint density at radius 1 is 1.39 bits per heavy atom. The normalized spacial score (nSPS) is 14.5. The first-order chi connectivity index (χ1) is 8.60. The average molecular weight is 253 g/mol. The van der Waals surface area contributed by atoms with Gasteiger partial charge in [0.25, 0.3) is 0 Å². The van der Waals surface area contributed by atoms with Gasteiger partial charge in [0.1, 0.15) is 5.82 Å². The Morgan fingerprint density at radius 3 is 2.67 bits per heavy atom. The van der Waals surface area contributed by atoms with Crippen molar-refractivity contribution >= 4 is 0 Å². The summed E-state index contributed by atoms with van der Waals surface area (Å²) in [7, 11) is 1.70. The summed E-state index contributed by atoms with van der Waals surface area (Å²) in [5.41, 5.74) is 1.71. The highest BCUT2D eigenvalue weighted by atomic mass is 19.1. The number of hydrogen-bond donors (Lipinski definition) is 1. The van der Waals surface area contributed by atoms with Crippen molar-refractivity contribution in [3.63, 3.8) is 0 Å². The lowest BCUT2D eigenvalue weighted by molar-refractivity contribution is 0.170. The van der Waals surface area contributed by atoms with E-state index in [2.05, 4.69) is 12.2 Å². The molecular weight excluding hydrogens is 229 g/mol. The van der Waals surface area contributed by atoms with E-state index in [1.54, 1.807) is 13.2 Å². The Morgan fingerprint density at radius 2 is 2.11 bits per heavy atom. The maximum absolute atomic E-state index is 14.0. The van der Waals surface area contributed by atoms with E-state index in [0.717, 1.165) is 24.1 Å². The fraction of sp³-hybridized carbons (Fsp3) is 0.600. The lowest BCUT2D eigenvalue weighted by Gasteiger charge is -2.25. The predicted molar refractivity (Wildman–Crippen MR) is 73.2 cm³/mol. The van der Waals surface area contributed by atoms with E-state index in [1.165, 1.54) is 0 Å². The molecular formula is C15H24FNO. The molecule has 0 saturated carbocycles. The highest BCUT2D eigenvalue weighted by Gasteiger charge is 2.21. The number of nitrogens with one attached hydrogen (secondary N) is 1. The fourth-order valence-corrected chi connectivity index (χ4v) is 2.19. The topological polar surface area (TPSA) is 21.3 Å². The number of rotatable bonds is 7. The van der Waals surface area contributed by atoms with Crippen LogP contribution in [0.1, 0.15) is 37.4 Å². The van der Waals surface area contributed by atoms with Gasteiger partial charge in [0, 0.05) is 25.3 Å². The van der Waals surface area contributed by atoms with E-state index >= 15 is 0 Å². The van der Waals surface area contributed by atoms with Crippen LogP contribution in [0.5, 0.6) is 0 Å². The van der Waals surface area contributed by atoms with E-state index < -0.39 is 0 Å². The van der Waals surface area contributed by atoms with Crippen LogP contribution in [0.15, 0.2) is 18.2 Å². The number of methoxy groups -OCH3 is 1. The highest BCUT2D eigenvalue weighted by Crippen LogP contribution is 2.27. The van der Waals surface area contributed by atoms with Gasteiger partial charge in [-0.1, -0.05) is 26.0 Å². The van der Waals surface area contributed by atoms with Crippen molar-refractivity contribution in [2.24, 2.45) is 5.92 Å². The minimum Gasteiger partial charge on any atom is -0.385 e. The monoisotopic (exact) mass is 253 g/mol. The molecule has 0 aromatic heterocycles. The SMILES string of the molecule is CCNC(c1ccc(C)cc1F)C(C)CCOC. The highest BCUT2D eigenvalue weighted by molar-refractivity contribution is 5.26. The summed E-state index contributed by atoms with van der Waals surface area (Å²) < 4.78 is 19.1. The molecule has 0 aliphatic rings. The zero-order chi connectivity index (χ0) is 13.5. The summed E-state index contributed by atoms with van der Waals surface area (Å²) in [6.45, 7) is 7.61. The van der Waals surface area contributed by atoms with E-state index in [0.29, 0.717) is 12.5 Å². The van der Waals surface area contributed by atoms with Crippen molar-refractivity contribution in [3.8, 4) is 0 Å². The Balaban J connectivity index is 2.88. The number of benzene rings is 1. The van der Waals surface area contributed by atoms with Crippen LogP contribution in [-0.4, -0.2) is 20.3 Å². The number of halogens is 1. The van der Waals surface area contributed by atoms with Gasteiger partial charge in [-0.05, 0) is 37.4 Å². The van der Waals surface area contributed by atoms with Crippen LogP contribution in [-0.2, 0) is 4.74 Å². The average Bonchev–Trinajstić information content (AvgIpc) is 2.34. The quantitative estimate of drug-likeness (QED) is 0.803. The van der Waals surface area contributed by atoms with Gasteiger partial charge in [-0.15, -0.1) is 0 Å². The molecule has 102 valence electrons. The summed E-state index contributed by atoms with van der Waals surface area (Å²) in [4.78, 5) is 0. The lowest BCUT2D eigenvalue weighted by atomic mass is 9.91. The maximum Gasteiger partial charge on any atom is 0.128 e. The van der Waals surface area contributed by atoms with Gasteiger partial charge in [-0.3, -0.25) is 0 Å². The van der Waals surface area contributed by atoms with E-state index in [1.807, 2.05) is 26.0 Å². The van der Waals surface area contributed by atoms with Crippen molar-refractivity contribution in [1.82, 2.24) is 5.32 Å². The molecule has 0 fully saturated rings. The zero-order valence-electron chi connectivity index (χ0n) is 11.8. The Hall–Kier alpha value is -0.930. The molecule has 0 aliphatic heterocycles. The van der Waals surface area contributed by atoms with Crippen LogP contribution in [0, 0.1) is 18.7 Å². The van der Waals surface area contributed by atoms with Crippen molar-refractivity contribution in [3.05, 3.63) is 35.1 Å². The van der Waals surface area contributed by atoms with Crippen molar-refractivity contribution in [2.45, 2.75) is 33.2 Å². The van der Waals surface area contributed by atoms with Gasteiger partial charge < -0.3 is 10.1 Å². The molecule has 2 nitrogen and oxygen atoms in total. The first-order valence-electron chi connectivity index (χ1n) is 6.58. The third kappa shape index (κ3) is 4.07. The van der Waals surface area contributed by atoms with Gasteiger partial charge in [-0.25, -0.2) is 4.39 Å². The molecule has 0 saturated heterocycles. The van der Waals surface area contributed by atoms with Gasteiger partial charge in [0.05, 0.1) is 0 Å². The summed E-state index contributed by atoms with van der Waals surface area (Å²) in [6.07, 6.45) is 0.918. The van der Waals surface area contributed by atoms with Crippen LogP contribution in [0.3, 0.4) is 0 Å². The molecule has 0 radical (unpaired) electrons. The number of aryl methyl sites for hydroxylation is 1. The van der Waals surface area contributed by atoms with Gasteiger partial charge in [0.15, 0.2) is 0 Å². The third-order valence-electron chi connectivity index (χ3n) is 3.26. The first kappa shape index (κ1) is 15.1. The molecule has 1 rings (SSSR count). The van der Waals surface area contributed by atoms with Crippen LogP contribution in [0.4, 0.5) is 4.39 Å². The predicted octanol–water partition coefficient (Wildman–Crippen LogP) is 3.46. The number of hydrogen-bond acceptors (Lipinski definition) is 2. The molecule has 0 bridgehead atoms. The van der Waals surface area contributed by atoms with E-state index in [-0.39, 0.29) is 11.9 Å². The summed E-state index contributed by atoms with van der Waals surface area (Å²) in [5.74, 6) is 0.215. The summed E-state index contributed by atoms with van der Waals surface area (Å²) in [6, 6.07) is 5.50. The fourth-order valence-electron chi connectivity index (χ4n) is 2.19. The second kappa shape index (κ2) is 7.49. The van der Waals surface area contributed by atoms with Crippen molar-refractivity contribution < 1.29 is 9.13 Å².